The first kappa shape index (κ1) is 27.1. The molecule has 0 atom stereocenters. The molecular weight excluding hydrogens is 546 g/mol. The molecule has 0 aliphatic carbocycles. The van der Waals surface area contributed by atoms with Crippen LogP contribution < -0.4 is 16.0 Å². The number of aromatic nitrogens is 2. The number of ether oxygens (including phenoxy) is 1. The Balaban J connectivity index is 1.32. The van der Waals surface area contributed by atoms with Gasteiger partial charge in [-0.2, -0.15) is 18.2 Å². The topological polar surface area (TPSA) is 118 Å². The highest BCUT2D eigenvalue weighted by Gasteiger charge is 2.30. The summed E-state index contributed by atoms with van der Waals surface area (Å²) in [6.07, 6.45) is -3.53. The van der Waals surface area contributed by atoms with Gasteiger partial charge in [-0.3, -0.25) is 5.32 Å². The van der Waals surface area contributed by atoms with E-state index < -0.39 is 29.7 Å². The number of fused-ring (bicyclic) bond motifs is 1. The third-order valence-corrected chi connectivity index (χ3v) is 5.82. The van der Waals surface area contributed by atoms with Crippen molar-refractivity contribution in [2.24, 2.45) is 0 Å². The summed E-state index contributed by atoms with van der Waals surface area (Å²) in [6.45, 7) is 0. The lowest BCUT2D eigenvalue weighted by molar-refractivity contribution is -0.137. The number of hydrogen-bond acceptors (Lipinski definition) is 6. The van der Waals surface area contributed by atoms with E-state index in [2.05, 4.69) is 30.7 Å². The molecule has 5 rings (SSSR count). The maximum absolute atomic E-state index is 14.7. The number of carbonyl (C=O) groups excluding carboxylic acids is 2. The van der Waals surface area contributed by atoms with Gasteiger partial charge in [0.2, 0.25) is 5.89 Å². The molecule has 0 fully saturated rings. The summed E-state index contributed by atoms with van der Waals surface area (Å²) < 4.78 is 63.3. The van der Waals surface area contributed by atoms with Gasteiger partial charge in [-0.05, 0) is 66.2 Å². The monoisotopic (exact) mass is 565 g/mol. The first-order chi connectivity index (χ1) is 19.6. The number of benzene rings is 3. The maximum Gasteiger partial charge on any atom is 0.416 e. The van der Waals surface area contributed by atoms with Crippen molar-refractivity contribution in [1.82, 2.24) is 9.97 Å². The number of urea groups is 1. The van der Waals surface area contributed by atoms with E-state index in [1.165, 1.54) is 19.2 Å². The molecule has 0 saturated heterocycles. The van der Waals surface area contributed by atoms with Crippen LogP contribution in [0.15, 0.2) is 83.4 Å². The lowest BCUT2D eigenvalue weighted by atomic mass is 10.1. The molecule has 2 heterocycles. The van der Waals surface area contributed by atoms with E-state index in [0.717, 1.165) is 35.9 Å². The normalized spacial score (nSPS) is 11.2. The van der Waals surface area contributed by atoms with Crippen LogP contribution in [0.3, 0.4) is 0 Å². The maximum atomic E-state index is 14.7. The molecule has 0 aliphatic heterocycles. The van der Waals surface area contributed by atoms with Gasteiger partial charge >= 0.3 is 18.3 Å². The van der Waals surface area contributed by atoms with Gasteiger partial charge < -0.3 is 19.8 Å². The van der Waals surface area contributed by atoms with E-state index in [4.69, 9.17) is 4.42 Å². The van der Waals surface area contributed by atoms with E-state index in [9.17, 15) is 27.2 Å². The van der Waals surface area contributed by atoms with Crippen LogP contribution in [0.4, 0.5) is 44.2 Å². The minimum absolute atomic E-state index is 0.0462. The zero-order valence-corrected chi connectivity index (χ0v) is 21.0. The number of anilines is 3. The first-order valence-electron chi connectivity index (χ1n) is 11.9. The number of hydrogen-bond donors (Lipinski definition) is 3. The Morgan fingerprint density at radius 1 is 0.829 bits per heavy atom. The summed E-state index contributed by atoms with van der Waals surface area (Å²) in [5.74, 6) is -0.745. The fourth-order valence-corrected chi connectivity index (χ4v) is 3.81. The predicted molar refractivity (Wildman–Crippen MR) is 143 cm³/mol. The van der Waals surface area contributed by atoms with Crippen molar-refractivity contribution in [3.8, 4) is 22.6 Å². The molecule has 0 saturated carbocycles. The van der Waals surface area contributed by atoms with Crippen LogP contribution in [0.2, 0.25) is 0 Å². The summed E-state index contributed by atoms with van der Waals surface area (Å²) in [5.41, 5.74) is 1.92. The average molecular weight is 565 g/mol. The molecule has 0 radical (unpaired) electrons. The fraction of sp³-hybridized carbons (Fsp3) is 0.0714. The molecule has 0 unspecified atom stereocenters. The standard InChI is InChI=1S/C28H19F4N5O4/c1-40-27(39)36-19-6-2-15(3-7-19)16-12-23-24(33-14-16)37-25(41-23)21-13-20(10-11-22(21)29)35-26(38)34-18-8-4-17(5-9-18)28(30,31)32/h2-14H,1H3,(H,36,39)(H2,34,35,38). The van der Waals surface area contributed by atoms with Crippen molar-refractivity contribution in [3.63, 3.8) is 0 Å². The predicted octanol–water partition coefficient (Wildman–Crippen LogP) is 7.54. The molecule has 5 aromatic rings. The largest absolute Gasteiger partial charge is 0.453 e. The summed E-state index contributed by atoms with van der Waals surface area (Å²) in [5, 5.41) is 7.47. The van der Waals surface area contributed by atoms with Gasteiger partial charge in [0.1, 0.15) is 5.82 Å². The van der Waals surface area contributed by atoms with Crippen molar-refractivity contribution in [2.75, 3.05) is 23.1 Å². The average Bonchev–Trinajstić information content (AvgIpc) is 3.37. The highest BCUT2D eigenvalue weighted by Crippen LogP contribution is 2.32. The summed E-state index contributed by atoms with van der Waals surface area (Å²) in [7, 11) is 1.26. The Kier molecular flexibility index (Phi) is 7.25. The van der Waals surface area contributed by atoms with Crippen molar-refractivity contribution in [1.29, 1.82) is 0 Å². The van der Waals surface area contributed by atoms with Gasteiger partial charge in [-0.1, -0.05) is 12.1 Å². The number of halogens is 4. The van der Waals surface area contributed by atoms with E-state index in [1.807, 2.05) is 0 Å². The molecular formula is C28H19F4N5O4. The Labute approximate surface area is 229 Å². The van der Waals surface area contributed by atoms with Gasteiger partial charge in [-0.15, -0.1) is 0 Å². The Hall–Kier alpha value is -5.46. The van der Waals surface area contributed by atoms with Crippen LogP contribution in [-0.2, 0) is 10.9 Å². The summed E-state index contributed by atoms with van der Waals surface area (Å²) >= 11 is 0. The number of carbonyl (C=O) groups is 2. The number of alkyl halides is 3. The first-order valence-corrected chi connectivity index (χ1v) is 11.9. The van der Waals surface area contributed by atoms with Crippen molar-refractivity contribution < 1.29 is 36.3 Å². The summed E-state index contributed by atoms with van der Waals surface area (Å²) in [4.78, 5) is 32.3. The molecule has 0 bridgehead atoms. The lowest BCUT2D eigenvalue weighted by Crippen LogP contribution is -2.19. The molecule has 3 aromatic carbocycles. The molecule has 13 heteroatoms. The molecule has 3 amide bonds. The Bertz CT molecular complexity index is 1740. The molecule has 9 nitrogen and oxygen atoms in total. The minimum atomic E-state index is -4.50. The van der Waals surface area contributed by atoms with Gasteiger partial charge in [0.15, 0.2) is 11.2 Å². The molecule has 208 valence electrons. The van der Waals surface area contributed by atoms with Crippen LogP contribution in [0.1, 0.15) is 5.56 Å². The lowest BCUT2D eigenvalue weighted by Gasteiger charge is -2.10. The number of amides is 3. The molecule has 2 aromatic heterocycles. The van der Waals surface area contributed by atoms with Crippen LogP contribution in [0.25, 0.3) is 33.8 Å². The van der Waals surface area contributed by atoms with Crippen LogP contribution in [0.5, 0.6) is 0 Å². The number of rotatable bonds is 5. The van der Waals surface area contributed by atoms with E-state index in [0.29, 0.717) is 11.3 Å². The third kappa shape index (κ3) is 6.24. The van der Waals surface area contributed by atoms with E-state index >= 15 is 0 Å². The number of oxazole rings is 1. The van der Waals surface area contributed by atoms with Crippen LogP contribution in [0, 0.1) is 5.82 Å². The van der Waals surface area contributed by atoms with E-state index in [-0.39, 0.29) is 34.1 Å². The van der Waals surface area contributed by atoms with Gasteiger partial charge in [0.05, 0.1) is 18.2 Å². The second kappa shape index (κ2) is 11.0. The van der Waals surface area contributed by atoms with Gasteiger partial charge in [0.25, 0.3) is 0 Å². The smallest absolute Gasteiger partial charge is 0.416 e. The zero-order valence-electron chi connectivity index (χ0n) is 21.0. The van der Waals surface area contributed by atoms with E-state index in [1.54, 1.807) is 36.5 Å². The highest BCUT2D eigenvalue weighted by molar-refractivity contribution is 6.00. The summed E-state index contributed by atoms with van der Waals surface area (Å²) in [6, 6.07) is 15.5. The number of nitrogens with one attached hydrogen (secondary N) is 3. The fourth-order valence-electron chi connectivity index (χ4n) is 3.81. The molecule has 41 heavy (non-hydrogen) atoms. The Morgan fingerprint density at radius 3 is 2.15 bits per heavy atom. The molecule has 0 spiro atoms. The second-order valence-corrected chi connectivity index (χ2v) is 8.61. The highest BCUT2D eigenvalue weighted by atomic mass is 19.4. The van der Waals surface area contributed by atoms with Gasteiger partial charge in [-0.25, -0.2) is 19.0 Å². The van der Waals surface area contributed by atoms with Crippen molar-refractivity contribution in [2.45, 2.75) is 6.18 Å². The van der Waals surface area contributed by atoms with Gasteiger partial charge in [0, 0.05) is 28.8 Å². The Morgan fingerprint density at radius 2 is 1.46 bits per heavy atom. The van der Waals surface area contributed by atoms with Crippen molar-refractivity contribution >= 4 is 40.4 Å². The number of nitrogens with zero attached hydrogens (tertiary/aromatic N) is 2. The number of pyridine rings is 1. The van der Waals surface area contributed by atoms with Crippen LogP contribution in [-0.4, -0.2) is 29.2 Å². The molecule has 3 N–H and O–H groups in total. The van der Waals surface area contributed by atoms with Crippen LogP contribution >= 0.6 is 0 Å². The second-order valence-electron chi connectivity index (χ2n) is 8.61. The van der Waals surface area contributed by atoms with Crippen molar-refractivity contribution in [3.05, 3.63) is 90.4 Å². The third-order valence-electron chi connectivity index (χ3n) is 5.82. The number of methoxy groups -OCH3 is 1. The molecule has 0 aliphatic rings. The quantitative estimate of drug-likeness (QED) is 0.190. The SMILES string of the molecule is COC(=O)Nc1ccc(-c2cnc3nc(-c4cc(NC(=O)Nc5ccc(C(F)(F)F)cc5)ccc4F)oc3c2)cc1. The minimum Gasteiger partial charge on any atom is -0.453 e. The zero-order chi connectivity index (χ0) is 29.1.